The highest BCUT2D eigenvalue weighted by molar-refractivity contribution is 6.31. The van der Waals surface area contributed by atoms with Crippen molar-refractivity contribution in [2.45, 2.75) is 25.8 Å². The van der Waals surface area contributed by atoms with E-state index in [4.69, 9.17) is 21.1 Å². The van der Waals surface area contributed by atoms with Crippen LogP contribution >= 0.6 is 11.6 Å². The Balaban J connectivity index is 1.60. The van der Waals surface area contributed by atoms with E-state index in [0.29, 0.717) is 28.3 Å². The molecule has 1 aromatic rings. The van der Waals surface area contributed by atoms with Crippen LogP contribution < -0.4 is 4.74 Å². The molecular formula is C19H27ClN2O3. The first kappa shape index (κ1) is 18.5. The molecule has 0 spiro atoms. The average molecular weight is 367 g/mol. The van der Waals surface area contributed by atoms with Crippen molar-refractivity contribution in [3.05, 3.63) is 28.8 Å². The maximum atomic E-state index is 12.9. The van der Waals surface area contributed by atoms with Gasteiger partial charge in [0.25, 0.3) is 5.91 Å². The summed E-state index contributed by atoms with van der Waals surface area (Å²) in [5.41, 5.74) is 0.551. The van der Waals surface area contributed by atoms with Crippen LogP contribution in [0.5, 0.6) is 5.75 Å². The lowest BCUT2D eigenvalue weighted by molar-refractivity contribution is -0.000965. The Labute approximate surface area is 154 Å². The van der Waals surface area contributed by atoms with E-state index in [1.54, 1.807) is 25.3 Å². The molecule has 2 fully saturated rings. The summed E-state index contributed by atoms with van der Waals surface area (Å²) in [5, 5.41) is 0.556. The van der Waals surface area contributed by atoms with Gasteiger partial charge in [0.2, 0.25) is 0 Å². The van der Waals surface area contributed by atoms with E-state index in [0.717, 1.165) is 52.2 Å². The number of nitrogens with zero attached hydrogens (tertiary/aromatic N) is 2. The zero-order valence-electron chi connectivity index (χ0n) is 15.0. The van der Waals surface area contributed by atoms with E-state index in [1.165, 1.54) is 0 Å². The van der Waals surface area contributed by atoms with Crippen LogP contribution in [0.1, 0.15) is 30.1 Å². The Morgan fingerprint density at radius 2 is 1.92 bits per heavy atom. The van der Waals surface area contributed by atoms with Crippen molar-refractivity contribution in [1.82, 2.24) is 9.80 Å². The SMILES string of the molecule is COc1ccc(Cl)cc1C(=O)N1CCC([C@H](C)N2CCOCC2)CC1. The van der Waals surface area contributed by atoms with Gasteiger partial charge in [-0.25, -0.2) is 0 Å². The van der Waals surface area contributed by atoms with Crippen molar-refractivity contribution in [1.29, 1.82) is 0 Å². The molecule has 0 bridgehead atoms. The molecular weight excluding hydrogens is 340 g/mol. The maximum Gasteiger partial charge on any atom is 0.257 e. The van der Waals surface area contributed by atoms with Crippen LogP contribution in [0, 0.1) is 5.92 Å². The Morgan fingerprint density at radius 1 is 1.24 bits per heavy atom. The van der Waals surface area contributed by atoms with Gasteiger partial charge in [-0.2, -0.15) is 0 Å². The number of rotatable bonds is 4. The summed E-state index contributed by atoms with van der Waals surface area (Å²) in [4.78, 5) is 17.3. The second kappa shape index (κ2) is 8.39. The second-order valence-corrected chi connectivity index (χ2v) is 7.30. The lowest BCUT2D eigenvalue weighted by Gasteiger charge is -2.41. The summed E-state index contributed by atoms with van der Waals surface area (Å²) in [6, 6.07) is 5.74. The second-order valence-electron chi connectivity index (χ2n) is 6.86. The van der Waals surface area contributed by atoms with Gasteiger partial charge in [0, 0.05) is 37.2 Å². The number of hydrogen-bond acceptors (Lipinski definition) is 4. The predicted octanol–water partition coefficient (Wildman–Crippen LogP) is 2.92. The number of amides is 1. The van der Waals surface area contributed by atoms with Gasteiger partial charge in [0.1, 0.15) is 5.75 Å². The van der Waals surface area contributed by atoms with Gasteiger partial charge >= 0.3 is 0 Å². The molecule has 1 atom stereocenters. The molecule has 0 unspecified atom stereocenters. The fourth-order valence-electron chi connectivity index (χ4n) is 3.89. The van der Waals surface area contributed by atoms with Crippen LogP contribution in [-0.2, 0) is 4.74 Å². The minimum absolute atomic E-state index is 0.0109. The predicted molar refractivity (Wildman–Crippen MR) is 98.5 cm³/mol. The van der Waals surface area contributed by atoms with Crippen molar-refractivity contribution in [3.8, 4) is 5.75 Å². The molecule has 0 aliphatic carbocycles. The highest BCUT2D eigenvalue weighted by Gasteiger charge is 2.31. The van der Waals surface area contributed by atoms with Crippen molar-refractivity contribution in [2.24, 2.45) is 5.92 Å². The first-order valence-electron chi connectivity index (χ1n) is 9.04. The van der Waals surface area contributed by atoms with Gasteiger partial charge in [-0.3, -0.25) is 9.69 Å². The van der Waals surface area contributed by atoms with Gasteiger partial charge in [-0.05, 0) is 43.9 Å². The largest absolute Gasteiger partial charge is 0.496 e. The topological polar surface area (TPSA) is 42.0 Å². The Morgan fingerprint density at radius 3 is 2.56 bits per heavy atom. The molecule has 6 heteroatoms. The maximum absolute atomic E-state index is 12.9. The number of ether oxygens (including phenoxy) is 2. The summed E-state index contributed by atoms with van der Waals surface area (Å²) < 4.78 is 10.8. The van der Waals surface area contributed by atoms with Crippen LogP contribution in [0.25, 0.3) is 0 Å². The molecule has 25 heavy (non-hydrogen) atoms. The normalized spacial score (nSPS) is 21.2. The molecule has 2 aliphatic rings. The summed E-state index contributed by atoms with van der Waals surface area (Å²) in [6.45, 7) is 7.57. The van der Waals surface area contributed by atoms with E-state index >= 15 is 0 Å². The molecule has 2 saturated heterocycles. The van der Waals surface area contributed by atoms with Crippen molar-refractivity contribution < 1.29 is 14.3 Å². The van der Waals surface area contributed by atoms with Crippen molar-refractivity contribution >= 4 is 17.5 Å². The number of piperidine rings is 1. The van der Waals surface area contributed by atoms with Gasteiger partial charge in [0.05, 0.1) is 25.9 Å². The molecule has 2 heterocycles. The number of carbonyl (C=O) groups is 1. The number of carbonyl (C=O) groups excluding carboxylic acids is 1. The highest BCUT2D eigenvalue weighted by Crippen LogP contribution is 2.28. The zero-order valence-corrected chi connectivity index (χ0v) is 15.8. The monoisotopic (exact) mass is 366 g/mol. The Hall–Kier alpha value is -1.30. The third kappa shape index (κ3) is 4.27. The molecule has 1 aromatic carbocycles. The average Bonchev–Trinajstić information content (AvgIpc) is 2.67. The van der Waals surface area contributed by atoms with Gasteiger partial charge < -0.3 is 14.4 Å². The molecule has 3 rings (SSSR count). The number of likely N-dealkylation sites (tertiary alicyclic amines) is 1. The van der Waals surface area contributed by atoms with Crippen LogP contribution in [-0.4, -0.2) is 68.3 Å². The number of benzene rings is 1. The van der Waals surface area contributed by atoms with Crippen molar-refractivity contribution in [3.63, 3.8) is 0 Å². The number of morpholine rings is 1. The summed E-state index contributed by atoms with van der Waals surface area (Å²) in [5.74, 6) is 1.22. The van der Waals surface area contributed by atoms with Crippen molar-refractivity contribution in [2.75, 3.05) is 46.5 Å². The van der Waals surface area contributed by atoms with Gasteiger partial charge in [-0.15, -0.1) is 0 Å². The molecule has 0 aromatic heterocycles. The standard InChI is InChI=1S/C19H27ClN2O3/c1-14(21-9-11-25-12-10-21)15-5-7-22(8-6-15)19(23)17-13-16(20)3-4-18(17)24-2/h3-4,13-15H,5-12H2,1-2H3/t14-/m0/s1. The zero-order chi connectivity index (χ0) is 17.8. The molecule has 5 nitrogen and oxygen atoms in total. The fraction of sp³-hybridized carbons (Fsp3) is 0.632. The number of methoxy groups -OCH3 is 1. The quantitative estimate of drug-likeness (QED) is 0.821. The van der Waals surface area contributed by atoms with E-state index in [2.05, 4.69) is 11.8 Å². The third-order valence-corrected chi connectivity index (χ3v) is 5.76. The molecule has 0 saturated carbocycles. The lowest BCUT2D eigenvalue weighted by Crippen LogP contribution is -2.49. The molecule has 0 radical (unpaired) electrons. The molecule has 1 amide bonds. The summed E-state index contributed by atoms with van der Waals surface area (Å²) in [6.07, 6.45) is 2.07. The first-order valence-corrected chi connectivity index (χ1v) is 9.42. The Kier molecular flexibility index (Phi) is 6.20. The van der Waals surface area contributed by atoms with Crippen LogP contribution in [0.2, 0.25) is 5.02 Å². The Bertz CT molecular complexity index is 596. The lowest BCUT2D eigenvalue weighted by atomic mass is 9.89. The minimum atomic E-state index is 0.0109. The van der Waals surface area contributed by atoms with E-state index in [9.17, 15) is 4.79 Å². The molecule has 2 aliphatic heterocycles. The van der Waals surface area contributed by atoms with Crippen LogP contribution in [0.4, 0.5) is 0 Å². The molecule has 0 N–H and O–H groups in total. The minimum Gasteiger partial charge on any atom is -0.496 e. The van der Waals surface area contributed by atoms with Crippen LogP contribution in [0.3, 0.4) is 0 Å². The fourth-order valence-corrected chi connectivity index (χ4v) is 4.06. The molecule has 138 valence electrons. The van der Waals surface area contributed by atoms with Gasteiger partial charge in [0.15, 0.2) is 0 Å². The summed E-state index contributed by atoms with van der Waals surface area (Å²) in [7, 11) is 1.58. The number of hydrogen-bond donors (Lipinski definition) is 0. The van der Waals surface area contributed by atoms with E-state index in [1.807, 2.05) is 4.90 Å². The third-order valence-electron chi connectivity index (χ3n) is 5.52. The first-order chi connectivity index (χ1) is 12.1. The van der Waals surface area contributed by atoms with Gasteiger partial charge in [-0.1, -0.05) is 11.6 Å². The van der Waals surface area contributed by atoms with Crippen LogP contribution in [0.15, 0.2) is 18.2 Å². The highest BCUT2D eigenvalue weighted by atomic mass is 35.5. The van der Waals surface area contributed by atoms with E-state index in [-0.39, 0.29) is 5.91 Å². The summed E-state index contributed by atoms with van der Waals surface area (Å²) >= 11 is 6.07. The smallest absolute Gasteiger partial charge is 0.257 e. The van der Waals surface area contributed by atoms with E-state index < -0.39 is 0 Å². The number of halogens is 1.